The van der Waals surface area contributed by atoms with Crippen LogP contribution in [0.2, 0.25) is 0 Å². The summed E-state index contributed by atoms with van der Waals surface area (Å²) in [6.45, 7) is 7.63. The summed E-state index contributed by atoms with van der Waals surface area (Å²) >= 11 is 0. The number of nitrogens with two attached hydrogens (primary N) is 1. The molecule has 2 saturated heterocycles. The minimum atomic E-state index is 0.727. The molecule has 2 atom stereocenters. The third-order valence-corrected chi connectivity index (χ3v) is 4.17. The SMILES string of the molecule is CC(C1CCOCC1)N1CCC(CN)C1. The maximum Gasteiger partial charge on any atom is 0.0469 e. The van der Waals surface area contributed by atoms with E-state index >= 15 is 0 Å². The lowest BCUT2D eigenvalue weighted by Crippen LogP contribution is -2.39. The van der Waals surface area contributed by atoms with Crippen molar-refractivity contribution >= 4 is 0 Å². The van der Waals surface area contributed by atoms with Gasteiger partial charge in [0.15, 0.2) is 0 Å². The van der Waals surface area contributed by atoms with Gasteiger partial charge in [0.25, 0.3) is 0 Å². The highest BCUT2D eigenvalue weighted by atomic mass is 16.5. The number of likely N-dealkylation sites (tertiary alicyclic amines) is 1. The van der Waals surface area contributed by atoms with E-state index in [2.05, 4.69) is 11.8 Å². The minimum absolute atomic E-state index is 0.727. The number of ether oxygens (including phenoxy) is 1. The van der Waals surface area contributed by atoms with Gasteiger partial charge in [-0.1, -0.05) is 0 Å². The number of nitrogens with zero attached hydrogens (tertiary/aromatic N) is 1. The number of hydrogen-bond donors (Lipinski definition) is 1. The molecule has 0 aromatic carbocycles. The molecule has 0 radical (unpaired) electrons. The molecule has 0 aromatic heterocycles. The highest BCUT2D eigenvalue weighted by molar-refractivity contribution is 4.84. The molecule has 0 aromatic rings. The predicted molar refractivity (Wildman–Crippen MR) is 61.7 cm³/mol. The van der Waals surface area contributed by atoms with Crippen LogP contribution in [0.4, 0.5) is 0 Å². The van der Waals surface area contributed by atoms with Gasteiger partial charge in [0.05, 0.1) is 0 Å². The molecule has 2 aliphatic heterocycles. The molecule has 0 amide bonds. The van der Waals surface area contributed by atoms with Gasteiger partial charge in [-0.2, -0.15) is 0 Å². The Morgan fingerprint density at radius 1 is 1.33 bits per heavy atom. The topological polar surface area (TPSA) is 38.5 Å². The normalized spacial score (nSPS) is 32.0. The molecule has 2 rings (SSSR count). The fraction of sp³-hybridized carbons (Fsp3) is 1.00. The minimum Gasteiger partial charge on any atom is -0.381 e. The van der Waals surface area contributed by atoms with Crippen molar-refractivity contribution in [1.29, 1.82) is 0 Å². The molecule has 3 nitrogen and oxygen atoms in total. The summed E-state index contributed by atoms with van der Waals surface area (Å²) in [5.41, 5.74) is 5.73. The van der Waals surface area contributed by atoms with E-state index in [0.717, 1.165) is 37.6 Å². The zero-order chi connectivity index (χ0) is 10.7. The maximum atomic E-state index is 5.73. The van der Waals surface area contributed by atoms with Crippen molar-refractivity contribution in [2.75, 3.05) is 32.8 Å². The fourth-order valence-electron chi connectivity index (χ4n) is 2.92. The average Bonchev–Trinajstić information content (AvgIpc) is 2.78. The molecule has 0 saturated carbocycles. The van der Waals surface area contributed by atoms with Crippen LogP contribution in [0.1, 0.15) is 26.2 Å². The van der Waals surface area contributed by atoms with E-state index in [4.69, 9.17) is 10.5 Å². The smallest absolute Gasteiger partial charge is 0.0469 e. The first-order valence-corrected chi connectivity index (χ1v) is 6.33. The van der Waals surface area contributed by atoms with Crippen molar-refractivity contribution in [3.05, 3.63) is 0 Å². The molecule has 2 aliphatic rings. The van der Waals surface area contributed by atoms with Crippen LogP contribution in [-0.4, -0.2) is 43.8 Å². The summed E-state index contributed by atoms with van der Waals surface area (Å²) in [6, 6.07) is 0.727. The van der Waals surface area contributed by atoms with Gasteiger partial charge in [0, 0.05) is 25.8 Å². The molecule has 3 heteroatoms. The monoisotopic (exact) mass is 212 g/mol. The van der Waals surface area contributed by atoms with Gasteiger partial charge in [0.2, 0.25) is 0 Å². The number of hydrogen-bond acceptors (Lipinski definition) is 3. The zero-order valence-corrected chi connectivity index (χ0v) is 9.82. The highest BCUT2D eigenvalue weighted by Gasteiger charge is 2.30. The second-order valence-corrected chi connectivity index (χ2v) is 5.08. The van der Waals surface area contributed by atoms with Gasteiger partial charge in [-0.25, -0.2) is 0 Å². The first-order valence-electron chi connectivity index (χ1n) is 6.33. The number of rotatable bonds is 3. The lowest BCUT2D eigenvalue weighted by Gasteiger charge is -2.34. The Bertz CT molecular complexity index is 192. The van der Waals surface area contributed by atoms with Crippen LogP contribution < -0.4 is 5.73 Å². The Morgan fingerprint density at radius 3 is 2.67 bits per heavy atom. The maximum absolute atomic E-state index is 5.73. The molecule has 0 bridgehead atoms. The second-order valence-electron chi connectivity index (χ2n) is 5.08. The summed E-state index contributed by atoms with van der Waals surface area (Å²) in [7, 11) is 0. The Kier molecular flexibility index (Phi) is 4.00. The Morgan fingerprint density at radius 2 is 2.07 bits per heavy atom. The zero-order valence-electron chi connectivity index (χ0n) is 9.82. The van der Waals surface area contributed by atoms with Crippen LogP contribution in [0.25, 0.3) is 0 Å². The van der Waals surface area contributed by atoms with Gasteiger partial charge in [-0.15, -0.1) is 0 Å². The Labute approximate surface area is 93.0 Å². The van der Waals surface area contributed by atoms with Gasteiger partial charge >= 0.3 is 0 Å². The van der Waals surface area contributed by atoms with Crippen molar-refractivity contribution in [3.8, 4) is 0 Å². The van der Waals surface area contributed by atoms with Crippen molar-refractivity contribution in [2.45, 2.75) is 32.2 Å². The van der Waals surface area contributed by atoms with Crippen molar-refractivity contribution in [1.82, 2.24) is 4.90 Å². The molecule has 0 spiro atoms. The molecule has 15 heavy (non-hydrogen) atoms. The van der Waals surface area contributed by atoms with E-state index in [-0.39, 0.29) is 0 Å². The molecule has 2 heterocycles. The molecule has 2 fully saturated rings. The van der Waals surface area contributed by atoms with Crippen LogP contribution in [0.15, 0.2) is 0 Å². The predicted octanol–water partition coefficient (Wildman–Crippen LogP) is 1.08. The average molecular weight is 212 g/mol. The van der Waals surface area contributed by atoms with E-state index in [9.17, 15) is 0 Å². The van der Waals surface area contributed by atoms with E-state index < -0.39 is 0 Å². The van der Waals surface area contributed by atoms with Crippen molar-refractivity contribution in [3.63, 3.8) is 0 Å². The van der Waals surface area contributed by atoms with Crippen LogP contribution >= 0.6 is 0 Å². The van der Waals surface area contributed by atoms with Crippen LogP contribution in [0.3, 0.4) is 0 Å². The summed E-state index contributed by atoms with van der Waals surface area (Å²) in [4.78, 5) is 2.63. The fourth-order valence-corrected chi connectivity index (χ4v) is 2.92. The molecule has 88 valence electrons. The largest absolute Gasteiger partial charge is 0.381 e. The van der Waals surface area contributed by atoms with Crippen LogP contribution in [0.5, 0.6) is 0 Å². The van der Waals surface area contributed by atoms with Gasteiger partial charge in [0.1, 0.15) is 0 Å². The van der Waals surface area contributed by atoms with Crippen molar-refractivity contribution < 1.29 is 4.74 Å². The summed E-state index contributed by atoms with van der Waals surface area (Å²) in [5.74, 6) is 1.59. The quantitative estimate of drug-likeness (QED) is 0.761. The third-order valence-electron chi connectivity index (χ3n) is 4.17. The standard InChI is InChI=1S/C12H24N2O/c1-10(12-3-6-15-7-4-12)14-5-2-11(8-13)9-14/h10-12H,2-9,13H2,1H3. The van der Waals surface area contributed by atoms with E-state index in [1.807, 2.05) is 0 Å². The molecule has 2 N–H and O–H groups in total. The van der Waals surface area contributed by atoms with Gasteiger partial charge in [-0.05, 0) is 51.1 Å². The van der Waals surface area contributed by atoms with E-state index in [0.29, 0.717) is 0 Å². The van der Waals surface area contributed by atoms with Gasteiger partial charge in [-0.3, -0.25) is 0 Å². The molecular formula is C12H24N2O. The Balaban J connectivity index is 1.82. The van der Waals surface area contributed by atoms with Crippen LogP contribution in [0, 0.1) is 11.8 Å². The summed E-state index contributed by atoms with van der Waals surface area (Å²) < 4.78 is 5.42. The van der Waals surface area contributed by atoms with Crippen LogP contribution in [-0.2, 0) is 4.74 Å². The molecular weight excluding hydrogens is 188 g/mol. The second kappa shape index (κ2) is 5.28. The first kappa shape index (κ1) is 11.4. The first-order chi connectivity index (χ1) is 7.31. The summed E-state index contributed by atoms with van der Waals surface area (Å²) in [6.07, 6.45) is 3.78. The molecule has 2 unspecified atom stereocenters. The highest BCUT2D eigenvalue weighted by Crippen LogP contribution is 2.26. The summed E-state index contributed by atoms with van der Waals surface area (Å²) in [5, 5.41) is 0. The van der Waals surface area contributed by atoms with Gasteiger partial charge < -0.3 is 15.4 Å². The van der Waals surface area contributed by atoms with E-state index in [1.54, 1.807) is 0 Å². The molecule has 0 aliphatic carbocycles. The lowest BCUT2D eigenvalue weighted by molar-refractivity contribution is 0.0349. The van der Waals surface area contributed by atoms with Crippen molar-refractivity contribution in [2.24, 2.45) is 17.6 Å². The lowest BCUT2D eigenvalue weighted by atomic mass is 9.92. The third kappa shape index (κ3) is 2.71. The Hall–Kier alpha value is -0.120. The van der Waals surface area contributed by atoms with E-state index in [1.165, 1.54) is 32.4 Å².